The van der Waals surface area contributed by atoms with Gasteiger partial charge in [0, 0.05) is 13.1 Å². The number of benzene rings is 1. The van der Waals surface area contributed by atoms with Gasteiger partial charge in [0.25, 0.3) is 0 Å². The van der Waals surface area contributed by atoms with E-state index in [0.29, 0.717) is 6.54 Å². The third kappa shape index (κ3) is 2.62. The van der Waals surface area contributed by atoms with E-state index < -0.39 is 0 Å². The molecule has 0 atom stereocenters. The van der Waals surface area contributed by atoms with Crippen molar-refractivity contribution < 1.29 is 4.39 Å². The summed E-state index contributed by atoms with van der Waals surface area (Å²) < 4.78 is 14.6. The predicted octanol–water partition coefficient (Wildman–Crippen LogP) is 2.07. The summed E-state index contributed by atoms with van der Waals surface area (Å²) in [6, 6.07) is 6.29. The first-order valence-electron chi connectivity index (χ1n) is 5.80. The maximum absolute atomic E-state index is 12.8. The molecule has 5 heteroatoms. The Hall–Kier alpha value is -2.01. The molecule has 0 unspecified atom stereocenters. The fourth-order valence-corrected chi connectivity index (χ4v) is 1.67. The van der Waals surface area contributed by atoms with Crippen LogP contribution in [0, 0.1) is 5.82 Å². The van der Waals surface area contributed by atoms with Crippen LogP contribution >= 0.6 is 0 Å². The number of aromatic nitrogens is 3. The molecule has 94 valence electrons. The quantitative estimate of drug-likeness (QED) is 0.898. The molecule has 0 fully saturated rings. The minimum absolute atomic E-state index is 0.241. The molecule has 0 aliphatic rings. The first-order chi connectivity index (χ1) is 8.74. The predicted molar refractivity (Wildman–Crippen MR) is 68.9 cm³/mol. The number of hydrogen-bond donors (Lipinski definition) is 1. The molecule has 1 aromatic heterocycles. The number of rotatable bonds is 4. The molecule has 0 aliphatic heterocycles. The van der Waals surface area contributed by atoms with Crippen molar-refractivity contribution in [2.45, 2.75) is 20.0 Å². The standard InChI is InChI=1S/C13H15FN4/c1-2-18-13(12(9-15)16-17-18)8-5-10-3-6-11(14)7-4-10/h3-8H,2,9,15H2,1H3/b8-5+. The molecule has 0 spiro atoms. The van der Waals surface area contributed by atoms with Crippen LogP contribution in [0.15, 0.2) is 24.3 Å². The summed E-state index contributed by atoms with van der Waals surface area (Å²) in [4.78, 5) is 0. The number of hydrogen-bond acceptors (Lipinski definition) is 3. The Morgan fingerprint density at radius 3 is 2.61 bits per heavy atom. The van der Waals surface area contributed by atoms with Crippen molar-refractivity contribution in [3.05, 3.63) is 47.0 Å². The van der Waals surface area contributed by atoms with Gasteiger partial charge in [0.05, 0.1) is 5.69 Å². The fraction of sp³-hybridized carbons (Fsp3) is 0.231. The summed E-state index contributed by atoms with van der Waals surface area (Å²) >= 11 is 0. The lowest BCUT2D eigenvalue weighted by Gasteiger charge is -1.99. The van der Waals surface area contributed by atoms with Gasteiger partial charge in [-0.2, -0.15) is 0 Å². The summed E-state index contributed by atoms with van der Waals surface area (Å²) in [5.74, 6) is -0.241. The van der Waals surface area contributed by atoms with Crippen LogP contribution < -0.4 is 5.73 Å². The van der Waals surface area contributed by atoms with E-state index >= 15 is 0 Å². The molecule has 0 aliphatic carbocycles. The van der Waals surface area contributed by atoms with Gasteiger partial charge in [-0.25, -0.2) is 9.07 Å². The van der Waals surface area contributed by atoms with Gasteiger partial charge in [-0.05, 0) is 30.7 Å². The van der Waals surface area contributed by atoms with Gasteiger partial charge in [0.1, 0.15) is 11.5 Å². The van der Waals surface area contributed by atoms with E-state index in [2.05, 4.69) is 10.3 Å². The van der Waals surface area contributed by atoms with Crippen molar-refractivity contribution in [3.8, 4) is 0 Å². The van der Waals surface area contributed by atoms with Crippen molar-refractivity contribution in [1.29, 1.82) is 0 Å². The number of halogens is 1. The summed E-state index contributed by atoms with van der Waals surface area (Å²) in [5, 5.41) is 8.02. The van der Waals surface area contributed by atoms with E-state index in [-0.39, 0.29) is 5.82 Å². The van der Waals surface area contributed by atoms with Crippen LogP contribution in [0.25, 0.3) is 12.2 Å². The van der Waals surface area contributed by atoms with Crippen molar-refractivity contribution in [1.82, 2.24) is 15.0 Å². The molecule has 2 rings (SSSR count). The van der Waals surface area contributed by atoms with E-state index in [1.54, 1.807) is 16.8 Å². The average molecular weight is 246 g/mol. The number of aryl methyl sites for hydroxylation is 1. The van der Waals surface area contributed by atoms with Crippen molar-refractivity contribution in [3.63, 3.8) is 0 Å². The molecule has 2 aromatic rings. The Kier molecular flexibility index (Phi) is 3.84. The van der Waals surface area contributed by atoms with Crippen LogP contribution in [0.5, 0.6) is 0 Å². The zero-order valence-corrected chi connectivity index (χ0v) is 10.2. The molecule has 18 heavy (non-hydrogen) atoms. The van der Waals surface area contributed by atoms with Gasteiger partial charge < -0.3 is 5.73 Å². The second kappa shape index (κ2) is 5.55. The smallest absolute Gasteiger partial charge is 0.123 e. The van der Waals surface area contributed by atoms with Crippen LogP contribution in [0.1, 0.15) is 23.9 Å². The Morgan fingerprint density at radius 1 is 1.28 bits per heavy atom. The lowest BCUT2D eigenvalue weighted by atomic mass is 10.2. The van der Waals surface area contributed by atoms with Crippen LogP contribution in [0.4, 0.5) is 4.39 Å². The third-order valence-electron chi connectivity index (χ3n) is 2.64. The molecule has 2 N–H and O–H groups in total. The Labute approximate surface area is 105 Å². The SMILES string of the molecule is CCn1nnc(CN)c1/C=C/c1ccc(F)cc1. The second-order valence-electron chi connectivity index (χ2n) is 3.83. The molecular formula is C13H15FN4. The first-order valence-corrected chi connectivity index (χ1v) is 5.80. The van der Waals surface area contributed by atoms with Crippen molar-refractivity contribution in [2.24, 2.45) is 5.73 Å². The summed E-state index contributed by atoms with van der Waals surface area (Å²) in [5.41, 5.74) is 8.18. The summed E-state index contributed by atoms with van der Waals surface area (Å²) in [6.45, 7) is 3.07. The highest BCUT2D eigenvalue weighted by Gasteiger charge is 2.06. The van der Waals surface area contributed by atoms with Crippen LogP contribution in [0.3, 0.4) is 0 Å². The molecule has 0 amide bonds. The number of nitrogens with two attached hydrogens (primary N) is 1. The van der Waals surface area contributed by atoms with Crippen LogP contribution in [-0.4, -0.2) is 15.0 Å². The summed E-state index contributed by atoms with van der Waals surface area (Å²) in [7, 11) is 0. The van der Waals surface area contributed by atoms with E-state index in [1.165, 1.54) is 12.1 Å². The highest BCUT2D eigenvalue weighted by molar-refractivity contribution is 5.68. The molecular weight excluding hydrogens is 231 g/mol. The lowest BCUT2D eigenvalue weighted by Crippen LogP contribution is -2.02. The van der Waals surface area contributed by atoms with E-state index in [9.17, 15) is 4.39 Å². The van der Waals surface area contributed by atoms with Gasteiger partial charge in [0.15, 0.2) is 0 Å². The van der Waals surface area contributed by atoms with Crippen molar-refractivity contribution >= 4 is 12.2 Å². The van der Waals surface area contributed by atoms with Crippen LogP contribution in [0.2, 0.25) is 0 Å². The number of nitrogens with zero attached hydrogens (tertiary/aromatic N) is 3. The van der Waals surface area contributed by atoms with Gasteiger partial charge in [-0.15, -0.1) is 5.10 Å². The zero-order valence-electron chi connectivity index (χ0n) is 10.2. The largest absolute Gasteiger partial charge is 0.325 e. The summed E-state index contributed by atoms with van der Waals surface area (Å²) in [6.07, 6.45) is 3.79. The Balaban J connectivity index is 2.27. The molecule has 0 bridgehead atoms. The van der Waals surface area contributed by atoms with Gasteiger partial charge in [-0.3, -0.25) is 0 Å². The monoisotopic (exact) mass is 246 g/mol. The molecule has 1 heterocycles. The van der Waals surface area contributed by atoms with Crippen molar-refractivity contribution in [2.75, 3.05) is 0 Å². The van der Waals surface area contributed by atoms with Gasteiger partial charge >= 0.3 is 0 Å². The van der Waals surface area contributed by atoms with E-state index in [4.69, 9.17) is 5.73 Å². The molecule has 4 nitrogen and oxygen atoms in total. The molecule has 1 aromatic carbocycles. The molecule has 0 saturated heterocycles. The highest BCUT2D eigenvalue weighted by Crippen LogP contribution is 2.11. The van der Waals surface area contributed by atoms with E-state index in [1.807, 2.05) is 19.1 Å². The average Bonchev–Trinajstić information content (AvgIpc) is 2.80. The normalized spacial score (nSPS) is 11.3. The maximum atomic E-state index is 12.8. The topological polar surface area (TPSA) is 56.7 Å². The third-order valence-corrected chi connectivity index (χ3v) is 2.64. The lowest BCUT2D eigenvalue weighted by molar-refractivity contribution is 0.622. The highest BCUT2D eigenvalue weighted by atomic mass is 19.1. The minimum atomic E-state index is -0.241. The molecule has 0 radical (unpaired) electrons. The maximum Gasteiger partial charge on any atom is 0.123 e. The first kappa shape index (κ1) is 12.4. The Bertz CT molecular complexity index is 521. The Morgan fingerprint density at radius 2 is 2.00 bits per heavy atom. The van der Waals surface area contributed by atoms with Gasteiger partial charge in [0.2, 0.25) is 0 Å². The minimum Gasteiger partial charge on any atom is -0.325 e. The van der Waals surface area contributed by atoms with Gasteiger partial charge in [-0.1, -0.05) is 23.4 Å². The van der Waals surface area contributed by atoms with E-state index in [0.717, 1.165) is 23.5 Å². The second-order valence-corrected chi connectivity index (χ2v) is 3.83. The van der Waals surface area contributed by atoms with Crippen LogP contribution in [-0.2, 0) is 13.1 Å². The zero-order chi connectivity index (χ0) is 13.0. The fourth-order valence-electron chi connectivity index (χ4n) is 1.67. The molecule has 0 saturated carbocycles.